The van der Waals surface area contributed by atoms with Crippen LogP contribution in [0.15, 0.2) is 0 Å². The van der Waals surface area contributed by atoms with Crippen LogP contribution in [-0.4, -0.2) is 83.5 Å². The summed E-state index contributed by atoms with van der Waals surface area (Å²) in [6, 6.07) is 0. The van der Waals surface area contributed by atoms with Gasteiger partial charge in [0.05, 0.1) is 51.4 Å². The molecule has 0 aromatic heterocycles. The van der Waals surface area contributed by atoms with Crippen LogP contribution in [-0.2, 0) is 0 Å². The molecular weight excluding hydrogens is 356 g/mol. The minimum Gasteiger partial charge on any atom is -0.389 e. The van der Waals surface area contributed by atoms with Crippen molar-refractivity contribution in [3.05, 3.63) is 0 Å². The van der Waals surface area contributed by atoms with Crippen LogP contribution in [0.25, 0.3) is 0 Å². The number of hydrogen-bond acceptors (Lipinski definition) is 3. The van der Waals surface area contributed by atoms with Crippen molar-refractivity contribution in [3.8, 4) is 0 Å². The van der Waals surface area contributed by atoms with E-state index in [0.717, 1.165) is 18.5 Å². The average Bonchev–Trinajstić information content (AvgIpc) is 3.28. The molecule has 2 radical (unpaired) electrons. The normalized spacial score (nSPS) is 42.1. The van der Waals surface area contributed by atoms with Gasteiger partial charge in [-0.05, 0) is 38.9 Å². The summed E-state index contributed by atoms with van der Waals surface area (Å²) >= 11 is 0. The van der Waals surface area contributed by atoms with Crippen molar-refractivity contribution in [2.45, 2.75) is 56.0 Å². The topological polar surface area (TPSA) is 60.7 Å². The minimum atomic E-state index is -1.34. The molecule has 3 nitrogen and oxygen atoms in total. The summed E-state index contributed by atoms with van der Waals surface area (Å²) in [6.45, 7) is 5.88. The van der Waals surface area contributed by atoms with Crippen LogP contribution in [0.5, 0.6) is 0 Å². The van der Waals surface area contributed by atoms with Crippen molar-refractivity contribution in [1.82, 2.24) is 0 Å². The molecule has 0 amide bonds. The van der Waals surface area contributed by atoms with Gasteiger partial charge in [0.2, 0.25) is 5.85 Å². The maximum absolute atomic E-state index is 11.1. The monoisotopic (exact) mass is 387 g/mol. The fourth-order valence-corrected chi connectivity index (χ4v) is 12.4. The summed E-state index contributed by atoms with van der Waals surface area (Å²) in [5, 5.41) is 32.6. The lowest BCUT2D eigenvalue weighted by atomic mass is 9.72. The van der Waals surface area contributed by atoms with Gasteiger partial charge in [-0.2, -0.15) is 0 Å². The van der Waals surface area contributed by atoms with Gasteiger partial charge in [-0.15, -0.1) is 0 Å². The first-order valence-corrected chi connectivity index (χ1v) is 14.0. The second-order valence-electron chi connectivity index (χ2n) is 7.52. The molecular formula is C17H31BO3P3+3. The first kappa shape index (κ1) is 20.8. The fourth-order valence-electron chi connectivity index (χ4n) is 4.14. The fraction of sp³-hybridized carbons (Fsp3) is 0.824. The lowest BCUT2D eigenvalue weighted by Gasteiger charge is -2.32. The zero-order valence-electron chi connectivity index (χ0n) is 15.1. The molecule has 2 aliphatic carbocycles. The Hall–Kier alpha value is 0.455. The van der Waals surface area contributed by atoms with Crippen LogP contribution in [0.1, 0.15) is 27.2 Å². The molecule has 2 saturated carbocycles. The number of aliphatic hydroxyl groups is 3. The van der Waals surface area contributed by atoms with Crippen LogP contribution >= 0.6 is 22.6 Å². The van der Waals surface area contributed by atoms with Crippen LogP contribution < -0.4 is 0 Å². The Morgan fingerprint density at radius 2 is 1.83 bits per heavy atom. The van der Waals surface area contributed by atoms with Gasteiger partial charge in [0.25, 0.3) is 0 Å². The molecule has 10 atom stereocenters. The average molecular weight is 387 g/mol. The maximum Gasteiger partial charge on any atom is 0.302 e. The highest BCUT2D eigenvalue weighted by Crippen LogP contribution is 2.75. The number of fused-ring (bicyclic) bond motifs is 1. The van der Waals surface area contributed by atoms with Crippen LogP contribution in [0.2, 0.25) is 5.82 Å². The van der Waals surface area contributed by atoms with Crippen LogP contribution in [0.4, 0.5) is 0 Å². The number of hydrogen-bond donors (Lipinski definition) is 3. The van der Waals surface area contributed by atoms with E-state index in [4.69, 9.17) is 7.85 Å². The summed E-state index contributed by atoms with van der Waals surface area (Å²) < 4.78 is 0. The third kappa shape index (κ3) is 3.13. The van der Waals surface area contributed by atoms with Gasteiger partial charge in [0, 0.05) is 0 Å². The van der Waals surface area contributed by atoms with Gasteiger partial charge < -0.3 is 15.3 Å². The molecule has 0 aromatic carbocycles. The van der Waals surface area contributed by atoms with Gasteiger partial charge in [0.15, 0.2) is 13.7 Å². The first-order valence-electron chi connectivity index (χ1n) is 8.61. The van der Waals surface area contributed by atoms with Crippen molar-refractivity contribution in [2.75, 3.05) is 18.5 Å². The predicted octanol–water partition coefficient (Wildman–Crippen LogP) is 2.50. The van der Waals surface area contributed by atoms with Crippen LogP contribution in [0.3, 0.4) is 0 Å². The second kappa shape index (κ2) is 7.23. The van der Waals surface area contributed by atoms with Gasteiger partial charge >= 0.3 is 5.40 Å². The Labute approximate surface area is 150 Å². The minimum absolute atomic E-state index is 0.0185. The molecule has 0 saturated heterocycles. The van der Waals surface area contributed by atoms with E-state index in [1.807, 2.05) is 0 Å². The third-order valence-electron chi connectivity index (χ3n) is 6.15. The highest BCUT2D eigenvalue weighted by Gasteiger charge is 2.79. The standard InChI is InChI=1S/C17H31BO3P3/c1-7-22(4)10-12(23(5)8-2)24(6)15(20)17-9-11(17)13(18)16(3,21)14(17)19/h11-15,19-21H,4-10H2,1-3H3/q+3/t11?,12?,13-,14+,15?,16+,17+/m1/s1. The Balaban J connectivity index is 2.25. The summed E-state index contributed by atoms with van der Waals surface area (Å²) in [4.78, 5) is 0. The van der Waals surface area contributed by atoms with E-state index >= 15 is 0 Å². The zero-order valence-corrected chi connectivity index (χ0v) is 17.8. The Kier molecular flexibility index (Phi) is 6.25. The SMILES string of the molecule is [B][C@@H]1C2C[C@@]2(C(O)[P+](=C)C(C[P+](=C)CC)[P+](=C)CC)[C@@H](O)[C@@]1(C)O. The molecule has 2 rings (SSSR count). The van der Waals surface area contributed by atoms with E-state index in [-0.39, 0.29) is 13.5 Å². The van der Waals surface area contributed by atoms with E-state index < -0.39 is 43.9 Å². The molecule has 6 unspecified atom stereocenters. The third-order valence-corrected chi connectivity index (χ3v) is 14.3. The van der Waals surface area contributed by atoms with E-state index in [0.29, 0.717) is 11.8 Å². The summed E-state index contributed by atoms with van der Waals surface area (Å²) in [5.74, 6) is -1.21. The number of aliphatic hydroxyl groups excluding tert-OH is 2. The lowest BCUT2D eigenvalue weighted by molar-refractivity contribution is -0.0862. The smallest absolute Gasteiger partial charge is 0.302 e. The molecule has 0 bridgehead atoms. The molecule has 132 valence electrons. The molecule has 3 N–H and O–H groups in total. The lowest BCUT2D eigenvalue weighted by Crippen LogP contribution is -2.46. The van der Waals surface area contributed by atoms with Crippen molar-refractivity contribution < 1.29 is 15.3 Å². The molecule has 0 heterocycles. The van der Waals surface area contributed by atoms with Gasteiger partial charge in [-0.25, -0.2) is 0 Å². The quantitative estimate of drug-likeness (QED) is 0.443. The molecule has 7 heteroatoms. The van der Waals surface area contributed by atoms with E-state index in [9.17, 15) is 15.3 Å². The van der Waals surface area contributed by atoms with Crippen molar-refractivity contribution in [1.29, 1.82) is 0 Å². The Bertz CT molecular complexity index is 565. The molecule has 24 heavy (non-hydrogen) atoms. The van der Waals surface area contributed by atoms with Crippen molar-refractivity contribution in [3.63, 3.8) is 0 Å². The summed E-state index contributed by atoms with van der Waals surface area (Å²) in [6.07, 6.45) is 15.7. The van der Waals surface area contributed by atoms with Gasteiger partial charge in [-0.3, -0.25) is 0 Å². The van der Waals surface area contributed by atoms with E-state index in [2.05, 4.69) is 32.7 Å². The summed E-state index contributed by atoms with van der Waals surface area (Å²) in [5.41, 5.74) is -2.01. The summed E-state index contributed by atoms with van der Waals surface area (Å²) in [7, 11) is 4.38. The second-order valence-corrected chi connectivity index (χ2v) is 14.8. The molecule has 2 fully saturated rings. The number of rotatable bonds is 8. The predicted molar refractivity (Wildman–Crippen MR) is 115 cm³/mol. The van der Waals surface area contributed by atoms with Gasteiger partial charge in [0.1, 0.15) is 19.9 Å². The first-order chi connectivity index (χ1) is 11.0. The zero-order chi connectivity index (χ0) is 18.4. The molecule has 0 aromatic rings. The Morgan fingerprint density at radius 3 is 2.25 bits per heavy atom. The molecule has 0 spiro atoms. The maximum atomic E-state index is 11.1. The molecule has 2 aliphatic rings. The highest BCUT2D eigenvalue weighted by molar-refractivity contribution is 7.75. The van der Waals surface area contributed by atoms with E-state index in [1.54, 1.807) is 6.92 Å². The van der Waals surface area contributed by atoms with Crippen molar-refractivity contribution >= 4 is 49.4 Å². The largest absolute Gasteiger partial charge is 0.389 e. The highest BCUT2D eigenvalue weighted by atomic mass is 31.2. The van der Waals surface area contributed by atoms with E-state index in [1.165, 1.54) is 0 Å². The van der Waals surface area contributed by atoms with Crippen LogP contribution in [0, 0.1) is 11.3 Å². The van der Waals surface area contributed by atoms with Gasteiger partial charge in [-0.1, -0.05) is 0 Å². The molecule has 0 aliphatic heterocycles. The van der Waals surface area contributed by atoms with Crippen molar-refractivity contribution in [2.24, 2.45) is 11.3 Å². The Morgan fingerprint density at radius 1 is 1.25 bits per heavy atom.